The van der Waals surface area contributed by atoms with Gasteiger partial charge in [-0.15, -0.1) is 11.8 Å². The summed E-state index contributed by atoms with van der Waals surface area (Å²) in [7, 11) is 3.15. The largest absolute Gasteiger partial charge is 0.497 e. The molecular weight excluding hydrogens is 424 g/mol. The minimum atomic E-state index is -0.186. The Morgan fingerprint density at radius 1 is 1.00 bits per heavy atom. The van der Waals surface area contributed by atoms with Gasteiger partial charge in [0.25, 0.3) is 5.91 Å². The Bertz CT molecular complexity index is 958. The molecule has 0 unspecified atom stereocenters. The van der Waals surface area contributed by atoms with Crippen molar-refractivity contribution in [3.8, 4) is 11.5 Å². The SMILES string of the molecule is COc1ccc(C(=O)N2CCC3(CC2)SCCN3C(=O)CCc2ccccc2)c(OC)c1. The van der Waals surface area contributed by atoms with E-state index in [1.165, 1.54) is 5.56 Å². The van der Waals surface area contributed by atoms with Crippen LogP contribution in [0.3, 0.4) is 0 Å². The van der Waals surface area contributed by atoms with Crippen LogP contribution in [0, 0.1) is 0 Å². The highest BCUT2D eigenvalue weighted by Gasteiger charge is 2.46. The molecule has 2 fully saturated rings. The quantitative estimate of drug-likeness (QED) is 0.664. The van der Waals surface area contributed by atoms with E-state index in [1.807, 2.05) is 34.9 Å². The number of piperidine rings is 1. The highest BCUT2D eigenvalue weighted by atomic mass is 32.2. The van der Waals surface area contributed by atoms with Gasteiger partial charge in [0.2, 0.25) is 5.91 Å². The lowest BCUT2D eigenvalue weighted by Gasteiger charge is -2.44. The topological polar surface area (TPSA) is 59.1 Å². The molecule has 2 amide bonds. The van der Waals surface area contributed by atoms with Gasteiger partial charge in [0.15, 0.2) is 0 Å². The third-order valence-corrected chi connectivity index (χ3v) is 7.97. The molecule has 0 aromatic heterocycles. The van der Waals surface area contributed by atoms with Crippen molar-refractivity contribution in [2.24, 2.45) is 0 Å². The standard InChI is InChI=1S/C25H30N2O4S/c1-30-20-9-10-21(22(18-20)31-2)24(29)26-14-12-25(13-15-26)27(16-17-32-25)23(28)11-8-19-6-4-3-5-7-19/h3-7,9-10,18H,8,11-17H2,1-2H3. The first-order valence-corrected chi connectivity index (χ1v) is 12.0. The zero-order valence-corrected chi connectivity index (χ0v) is 19.5. The number of benzene rings is 2. The Morgan fingerprint density at radius 2 is 1.75 bits per heavy atom. The predicted molar refractivity (Wildman–Crippen MR) is 126 cm³/mol. The van der Waals surface area contributed by atoms with E-state index in [2.05, 4.69) is 17.0 Å². The summed E-state index contributed by atoms with van der Waals surface area (Å²) in [5.41, 5.74) is 1.73. The van der Waals surface area contributed by atoms with Gasteiger partial charge in [-0.05, 0) is 37.0 Å². The van der Waals surface area contributed by atoms with Gasteiger partial charge in [0.1, 0.15) is 11.5 Å². The van der Waals surface area contributed by atoms with E-state index in [-0.39, 0.29) is 16.7 Å². The van der Waals surface area contributed by atoms with Crippen LogP contribution in [-0.4, -0.2) is 66.1 Å². The summed E-state index contributed by atoms with van der Waals surface area (Å²) in [6.45, 7) is 2.05. The van der Waals surface area contributed by atoms with Crippen LogP contribution in [0.2, 0.25) is 0 Å². The number of amides is 2. The Kier molecular flexibility index (Phi) is 6.94. The van der Waals surface area contributed by atoms with Crippen LogP contribution in [-0.2, 0) is 11.2 Å². The first kappa shape index (κ1) is 22.5. The zero-order valence-electron chi connectivity index (χ0n) is 18.7. The molecule has 0 N–H and O–H groups in total. The summed E-state index contributed by atoms with van der Waals surface area (Å²) in [6.07, 6.45) is 2.87. The first-order valence-electron chi connectivity index (χ1n) is 11.1. The van der Waals surface area contributed by atoms with Crippen molar-refractivity contribution in [1.29, 1.82) is 0 Å². The van der Waals surface area contributed by atoms with Gasteiger partial charge in [-0.2, -0.15) is 0 Å². The number of methoxy groups -OCH3 is 2. The maximum Gasteiger partial charge on any atom is 0.257 e. The number of likely N-dealkylation sites (tertiary alicyclic amines) is 1. The van der Waals surface area contributed by atoms with E-state index >= 15 is 0 Å². The molecule has 0 saturated carbocycles. The minimum Gasteiger partial charge on any atom is -0.497 e. The molecule has 170 valence electrons. The lowest BCUT2D eigenvalue weighted by Crippen LogP contribution is -2.53. The number of ether oxygens (including phenoxy) is 2. The summed E-state index contributed by atoms with van der Waals surface area (Å²) in [4.78, 5) is 30.0. The fourth-order valence-electron chi connectivity index (χ4n) is 4.61. The fourth-order valence-corrected chi connectivity index (χ4v) is 6.08. The Balaban J connectivity index is 1.39. The van der Waals surface area contributed by atoms with Gasteiger partial charge >= 0.3 is 0 Å². The van der Waals surface area contributed by atoms with Crippen molar-refractivity contribution in [1.82, 2.24) is 9.80 Å². The van der Waals surface area contributed by atoms with Crippen LogP contribution < -0.4 is 9.47 Å². The summed E-state index contributed by atoms with van der Waals surface area (Å²) in [5.74, 6) is 2.31. The second-order valence-electron chi connectivity index (χ2n) is 8.18. The molecule has 2 aliphatic rings. The maximum atomic E-state index is 13.2. The number of carbonyl (C=O) groups is 2. The number of nitrogens with zero attached hydrogens (tertiary/aromatic N) is 2. The average molecular weight is 455 g/mol. The van der Waals surface area contributed by atoms with Crippen molar-refractivity contribution in [3.05, 3.63) is 59.7 Å². The van der Waals surface area contributed by atoms with Crippen LogP contribution in [0.4, 0.5) is 0 Å². The minimum absolute atomic E-state index is 0.0377. The second kappa shape index (κ2) is 9.86. The average Bonchev–Trinajstić information content (AvgIpc) is 3.25. The fraction of sp³-hybridized carbons (Fsp3) is 0.440. The number of hydrogen-bond acceptors (Lipinski definition) is 5. The van der Waals surface area contributed by atoms with Gasteiger partial charge < -0.3 is 19.3 Å². The van der Waals surface area contributed by atoms with Crippen molar-refractivity contribution >= 4 is 23.6 Å². The van der Waals surface area contributed by atoms with Gasteiger partial charge in [0.05, 0.1) is 24.7 Å². The molecule has 0 bridgehead atoms. The zero-order chi connectivity index (χ0) is 22.6. The Labute approximate surface area is 193 Å². The van der Waals surface area contributed by atoms with Gasteiger partial charge in [-0.25, -0.2) is 0 Å². The van der Waals surface area contributed by atoms with Crippen molar-refractivity contribution in [3.63, 3.8) is 0 Å². The molecule has 32 heavy (non-hydrogen) atoms. The predicted octanol–water partition coefficient (Wildman–Crippen LogP) is 3.84. The molecule has 2 aromatic rings. The van der Waals surface area contributed by atoms with Crippen molar-refractivity contribution in [2.45, 2.75) is 30.6 Å². The summed E-state index contributed by atoms with van der Waals surface area (Å²) in [5, 5.41) is 0. The number of rotatable bonds is 6. The number of thioether (sulfide) groups is 1. The molecule has 2 saturated heterocycles. The molecular formula is C25H30N2O4S. The molecule has 2 aromatic carbocycles. The highest BCUT2D eigenvalue weighted by molar-refractivity contribution is 8.00. The molecule has 2 aliphatic heterocycles. The van der Waals surface area contributed by atoms with E-state index < -0.39 is 0 Å². The summed E-state index contributed by atoms with van der Waals surface area (Å²) in [6, 6.07) is 15.4. The molecule has 6 nitrogen and oxygen atoms in total. The number of aryl methyl sites for hydroxylation is 1. The van der Waals surface area contributed by atoms with E-state index in [0.29, 0.717) is 36.6 Å². The third kappa shape index (κ3) is 4.58. The molecule has 2 heterocycles. The number of hydrogen-bond donors (Lipinski definition) is 0. The monoisotopic (exact) mass is 454 g/mol. The van der Waals surface area contributed by atoms with Crippen LogP contribution >= 0.6 is 11.8 Å². The highest BCUT2D eigenvalue weighted by Crippen LogP contribution is 2.44. The van der Waals surface area contributed by atoms with Crippen LogP contribution in [0.25, 0.3) is 0 Å². The van der Waals surface area contributed by atoms with Crippen LogP contribution in [0.5, 0.6) is 11.5 Å². The lowest BCUT2D eigenvalue weighted by atomic mass is 10.00. The Hall–Kier alpha value is -2.67. The maximum absolute atomic E-state index is 13.2. The second-order valence-corrected chi connectivity index (χ2v) is 9.64. The van der Waals surface area contributed by atoms with E-state index in [1.54, 1.807) is 32.4 Å². The van der Waals surface area contributed by atoms with Crippen LogP contribution in [0.15, 0.2) is 48.5 Å². The molecule has 0 aliphatic carbocycles. The smallest absolute Gasteiger partial charge is 0.257 e. The molecule has 0 radical (unpaired) electrons. The molecule has 4 rings (SSSR count). The van der Waals surface area contributed by atoms with Crippen molar-refractivity contribution < 1.29 is 19.1 Å². The third-order valence-electron chi connectivity index (χ3n) is 6.42. The summed E-state index contributed by atoms with van der Waals surface area (Å²) < 4.78 is 10.7. The van der Waals surface area contributed by atoms with Gasteiger partial charge in [-0.3, -0.25) is 9.59 Å². The lowest BCUT2D eigenvalue weighted by molar-refractivity contribution is -0.134. The van der Waals surface area contributed by atoms with Gasteiger partial charge in [-0.1, -0.05) is 30.3 Å². The molecule has 0 atom stereocenters. The van der Waals surface area contributed by atoms with Crippen LogP contribution in [0.1, 0.15) is 35.2 Å². The first-order chi connectivity index (χ1) is 15.6. The van der Waals surface area contributed by atoms with E-state index in [4.69, 9.17) is 9.47 Å². The number of carbonyl (C=O) groups excluding carboxylic acids is 2. The Morgan fingerprint density at radius 3 is 2.44 bits per heavy atom. The van der Waals surface area contributed by atoms with E-state index in [0.717, 1.165) is 31.6 Å². The molecule has 1 spiro atoms. The van der Waals surface area contributed by atoms with Crippen molar-refractivity contribution in [2.75, 3.05) is 39.6 Å². The van der Waals surface area contributed by atoms with Gasteiger partial charge in [0, 0.05) is 37.9 Å². The molecule has 7 heteroatoms. The van der Waals surface area contributed by atoms with E-state index in [9.17, 15) is 9.59 Å². The normalized spacial score (nSPS) is 17.4. The summed E-state index contributed by atoms with van der Waals surface area (Å²) >= 11 is 1.87.